The Hall–Kier alpha value is -4.79. The summed E-state index contributed by atoms with van der Waals surface area (Å²) in [7, 11) is 6.69. The van der Waals surface area contributed by atoms with Crippen molar-refractivity contribution in [3.63, 3.8) is 0 Å². The van der Waals surface area contributed by atoms with Crippen LogP contribution in [0.4, 0.5) is 16.2 Å². The first-order chi connectivity index (χ1) is 22.0. The van der Waals surface area contributed by atoms with Crippen LogP contribution in [0.5, 0.6) is 5.75 Å². The summed E-state index contributed by atoms with van der Waals surface area (Å²) >= 11 is 0. The van der Waals surface area contributed by atoms with Gasteiger partial charge in [0.05, 0.1) is 11.7 Å². The number of aliphatic hydroxyl groups excluding tert-OH is 2. The number of ketones is 3. The van der Waals surface area contributed by atoms with Crippen molar-refractivity contribution in [2.24, 2.45) is 23.5 Å². The van der Waals surface area contributed by atoms with Crippen molar-refractivity contribution in [3.05, 3.63) is 58.2 Å². The number of likely N-dealkylation sites (N-methyl/N-ethyl adjacent to an activating group) is 1. The Morgan fingerprint density at radius 3 is 2.26 bits per heavy atom. The highest BCUT2D eigenvalue weighted by atomic mass is 16.3. The number of carbonyl (C=O) groups is 5. The third kappa shape index (κ3) is 5.41. The fraction of sp³-hybridized carbons (Fsp3) is 0.424. The Morgan fingerprint density at radius 2 is 1.70 bits per heavy atom. The molecular formula is C33H39N5O9. The Balaban J connectivity index is 1.52. The molecule has 6 atom stereocenters. The standard InChI is InChI=1S/C33H39N5O9/c1-14(39)15-6-8-18(9-7-15)36-32(46)35-13-17-12-21(37(2)3)19-10-16-11-20-25(38(4)5)28(42)24(31(34)45)30(44)33(20,47)29(43)22(16)27(41)23(19)26(17)40/h6-9,12,16,20,24-25,28,40-42,47H,10-11,13H2,1-5H3,(H2,34,45)(H2,35,36,46)/t16-,20-,24?,25-,28?,33-/m0/s1. The van der Waals surface area contributed by atoms with E-state index < -0.39 is 70.5 Å². The zero-order chi connectivity index (χ0) is 34.7. The van der Waals surface area contributed by atoms with Crippen LogP contribution >= 0.6 is 0 Å². The van der Waals surface area contributed by atoms with Crippen LogP contribution in [-0.2, 0) is 27.3 Å². The maximum atomic E-state index is 14.1. The van der Waals surface area contributed by atoms with E-state index in [1.165, 1.54) is 11.8 Å². The number of fused-ring (bicyclic) bond motifs is 3. The number of aromatic hydroxyl groups is 1. The van der Waals surface area contributed by atoms with Crippen LogP contribution in [0.2, 0.25) is 0 Å². The van der Waals surface area contributed by atoms with Gasteiger partial charge >= 0.3 is 6.03 Å². The van der Waals surface area contributed by atoms with Crippen LogP contribution in [0.1, 0.15) is 40.4 Å². The zero-order valence-electron chi connectivity index (χ0n) is 26.7. The maximum absolute atomic E-state index is 14.1. The van der Waals surface area contributed by atoms with Crippen molar-refractivity contribution in [2.75, 3.05) is 38.4 Å². The molecule has 14 heteroatoms. The van der Waals surface area contributed by atoms with Gasteiger partial charge in [-0.3, -0.25) is 19.2 Å². The Labute approximate surface area is 270 Å². The molecule has 3 aliphatic rings. The summed E-state index contributed by atoms with van der Waals surface area (Å²) in [6, 6.07) is 6.34. The molecule has 0 aliphatic heterocycles. The van der Waals surface area contributed by atoms with Crippen LogP contribution in [-0.4, -0.2) is 101 Å². The van der Waals surface area contributed by atoms with Gasteiger partial charge in [-0.1, -0.05) is 0 Å². The minimum absolute atomic E-state index is 0.00268. The summed E-state index contributed by atoms with van der Waals surface area (Å²) in [5.41, 5.74) is 4.56. The van der Waals surface area contributed by atoms with Gasteiger partial charge in [0.2, 0.25) is 11.7 Å². The first-order valence-corrected chi connectivity index (χ1v) is 15.1. The van der Waals surface area contributed by atoms with Gasteiger partial charge in [-0.05, 0) is 75.7 Å². The molecule has 3 amide bonds. The first-order valence-electron chi connectivity index (χ1n) is 15.1. The number of anilines is 2. The molecule has 250 valence electrons. The molecule has 2 saturated carbocycles. The van der Waals surface area contributed by atoms with Crippen molar-refractivity contribution < 1.29 is 44.4 Å². The highest BCUT2D eigenvalue weighted by Gasteiger charge is 2.67. The number of Topliss-reactive ketones (excluding diaryl/α,β-unsaturated/α-hetero) is 3. The molecule has 0 radical (unpaired) electrons. The summed E-state index contributed by atoms with van der Waals surface area (Å²) in [4.78, 5) is 67.5. The molecule has 2 fully saturated rings. The van der Waals surface area contributed by atoms with Gasteiger partial charge in [-0.2, -0.15) is 0 Å². The number of carbonyl (C=O) groups excluding carboxylic acids is 5. The molecule has 14 nitrogen and oxygen atoms in total. The molecule has 0 heterocycles. The number of phenols is 1. The number of aliphatic hydroxyl groups is 3. The Bertz CT molecular complexity index is 1720. The zero-order valence-corrected chi connectivity index (χ0v) is 26.7. The minimum Gasteiger partial charge on any atom is -0.507 e. The van der Waals surface area contributed by atoms with Crippen molar-refractivity contribution in [2.45, 2.75) is 44.1 Å². The second-order valence-corrected chi connectivity index (χ2v) is 12.9. The number of urea groups is 1. The van der Waals surface area contributed by atoms with Crippen molar-refractivity contribution in [1.29, 1.82) is 0 Å². The molecule has 0 aromatic heterocycles. The molecule has 3 aliphatic carbocycles. The number of amides is 3. The number of rotatable bonds is 7. The molecule has 0 saturated heterocycles. The summed E-state index contributed by atoms with van der Waals surface area (Å²) in [6.45, 7) is 1.24. The summed E-state index contributed by atoms with van der Waals surface area (Å²) in [6.07, 6.45) is -1.43. The molecule has 8 N–H and O–H groups in total. The fourth-order valence-electron chi connectivity index (χ4n) is 7.38. The number of hydrogen-bond donors (Lipinski definition) is 7. The lowest BCUT2D eigenvalue weighted by Gasteiger charge is -2.53. The van der Waals surface area contributed by atoms with Crippen LogP contribution in [0.15, 0.2) is 35.9 Å². The number of nitrogens with zero attached hydrogens (tertiary/aromatic N) is 2. The molecule has 5 rings (SSSR count). The normalized spacial score (nSPS) is 26.7. The van der Waals surface area contributed by atoms with Gasteiger partial charge in [-0.15, -0.1) is 0 Å². The van der Waals surface area contributed by atoms with Gasteiger partial charge in [-0.25, -0.2) is 4.79 Å². The number of phenolic OH excluding ortho intramolecular Hbond substituents is 1. The predicted molar refractivity (Wildman–Crippen MR) is 171 cm³/mol. The predicted octanol–water partition coefficient (Wildman–Crippen LogP) is 0.719. The van der Waals surface area contributed by atoms with Gasteiger partial charge < -0.3 is 46.6 Å². The lowest BCUT2D eigenvalue weighted by Crippen LogP contribution is -2.73. The highest BCUT2D eigenvalue weighted by Crippen LogP contribution is 2.53. The highest BCUT2D eigenvalue weighted by molar-refractivity contribution is 6.25. The smallest absolute Gasteiger partial charge is 0.319 e. The average molecular weight is 650 g/mol. The van der Waals surface area contributed by atoms with Crippen molar-refractivity contribution in [3.8, 4) is 5.75 Å². The number of hydrogen-bond acceptors (Lipinski definition) is 11. The van der Waals surface area contributed by atoms with Crippen molar-refractivity contribution in [1.82, 2.24) is 10.2 Å². The molecule has 0 bridgehead atoms. The number of nitrogens with two attached hydrogens (primary N) is 1. The van der Waals surface area contributed by atoms with E-state index in [2.05, 4.69) is 10.6 Å². The fourth-order valence-corrected chi connectivity index (χ4v) is 7.38. The largest absolute Gasteiger partial charge is 0.507 e. The lowest BCUT2D eigenvalue weighted by atomic mass is 9.54. The van der Waals surface area contributed by atoms with Crippen LogP contribution in [0, 0.1) is 17.8 Å². The number of benzene rings is 2. The molecule has 2 aromatic rings. The minimum atomic E-state index is -2.76. The molecule has 2 aromatic carbocycles. The quantitative estimate of drug-likeness (QED) is 0.164. The lowest BCUT2D eigenvalue weighted by molar-refractivity contribution is -0.184. The van der Waals surface area contributed by atoms with E-state index in [1.807, 2.05) is 0 Å². The van der Waals surface area contributed by atoms with E-state index >= 15 is 0 Å². The van der Waals surface area contributed by atoms with Gasteiger partial charge in [0.15, 0.2) is 17.2 Å². The topological polar surface area (TPSA) is 223 Å². The maximum Gasteiger partial charge on any atom is 0.319 e. The van der Waals surface area contributed by atoms with Crippen molar-refractivity contribution >= 4 is 46.4 Å². The monoisotopic (exact) mass is 649 g/mol. The van der Waals surface area contributed by atoms with Crippen LogP contribution < -0.4 is 21.3 Å². The third-order valence-corrected chi connectivity index (χ3v) is 9.61. The van der Waals surface area contributed by atoms with Crippen LogP contribution in [0.25, 0.3) is 5.76 Å². The number of nitrogens with one attached hydrogen (secondary N) is 2. The summed E-state index contributed by atoms with van der Waals surface area (Å²) in [5.74, 6) is -8.35. The molecular weight excluding hydrogens is 610 g/mol. The van der Waals surface area contributed by atoms with E-state index in [9.17, 15) is 44.4 Å². The van der Waals surface area contributed by atoms with E-state index in [4.69, 9.17) is 5.73 Å². The summed E-state index contributed by atoms with van der Waals surface area (Å²) < 4.78 is 0. The average Bonchev–Trinajstić information content (AvgIpc) is 2.98. The second kappa shape index (κ2) is 12.1. The molecule has 2 unspecified atom stereocenters. The van der Waals surface area contributed by atoms with Gasteiger partial charge in [0.25, 0.3) is 0 Å². The van der Waals surface area contributed by atoms with Gasteiger partial charge in [0.1, 0.15) is 17.4 Å². The van der Waals surface area contributed by atoms with E-state index in [0.717, 1.165) is 0 Å². The second-order valence-electron chi connectivity index (χ2n) is 12.9. The SMILES string of the molecule is CC(=O)c1ccc(NC(=O)NCc2cc(N(C)C)c3c(c2O)C(O)=C2C(=O)[C@]4(O)C(=O)C(C(N)=O)C(O)[C@@H](N(C)C)[C@@H]4C[C@@H]2C3)cc1. The molecule has 0 spiro atoms. The van der Waals surface area contributed by atoms with E-state index in [0.29, 0.717) is 22.5 Å². The Kier molecular flexibility index (Phi) is 8.64. The molecule has 47 heavy (non-hydrogen) atoms. The van der Waals surface area contributed by atoms with Gasteiger partial charge in [0, 0.05) is 60.7 Å². The van der Waals surface area contributed by atoms with E-state index in [1.54, 1.807) is 63.4 Å². The first kappa shape index (κ1) is 33.6. The summed E-state index contributed by atoms with van der Waals surface area (Å²) in [5, 5.41) is 51.2. The van der Waals surface area contributed by atoms with Crippen LogP contribution in [0.3, 0.4) is 0 Å². The number of primary amides is 1. The van der Waals surface area contributed by atoms with E-state index in [-0.39, 0.29) is 41.9 Å². The third-order valence-electron chi connectivity index (χ3n) is 9.61. The Morgan fingerprint density at radius 1 is 1.06 bits per heavy atom.